The smallest absolute Gasteiger partial charge is 0.287 e. The van der Waals surface area contributed by atoms with Crippen molar-refractivity contribution in [1.82, 2.24) is 5.32 Å². The maximum absolute atomic E-state index is 12.2. The molecule has 1 atom stereocenters. The highest BCUT2D eigenvalue weighted by molar-refractivity contribution is 7.12. The van der Waals surface area contributed by atoms with E-state index in [9.17, 15) is 4.79 Å². The molecule has 0 saturated carbocycles. The van der Waals surface area contributed by atoms with Crippen molar-refractivity contribution in [2.45, 2.75) is 13.0 Å². The summed E-state index contributed by atoms with van der Waals surface area (Å²) in [7, 11) is 1.65. The Kier molecular flexibility index (Phi) is 4.27. The van der Waals surface area contributed by atoms with E-state index < -0.39 is 0 Å². The van der Waals surface area contributed by atoms with Gasteiger partial charge in [-0.15, -0.1) is 11.3 Å². The number of carbonyl (C=O) groups is 1. The van der Waals surface area contributed by atoms with Crippen LogP contribution in [0.1, 0.15) is 26.4 Å². The van der Waals surface area contributed by atoms with Gasteiger partial charge in [0.2, 0.25) is 0 Å². The number of ether oxygens (including phenoxy) is 1. The molecule has 2 aromatic heterocycles. The predicted octanol–water partition coefficient (Wildman–Crippen LogP) is 3.92. The van der Waals surface area contributed by atoms with Gasteiger partial charge in [-0.25, -0.2) is 0 Å². The summed E-state index contributed by atoms with van der Waals surface area (Å²) in [6.45, 7) is 2.46. The van der Waals surface area contributed by atoms with Crippen molar-refractivity contribution < 1.29 is 13.9 Å². The molecule has 0 saturated heterocycles. The lowest BCUT2D eigenvalue weighted by Gasteiger charge is -2.13. The van der Waals surface area contributed by atoms with Crippen molar-refractivity contribution in [3.63, 3.8) is 0 Å². The predicted molar refractivity (Wildman–Crippen MR) is 87.4 cm³/mol. The largest absolute Gasteiger partial charge is 0.451 e. The number of benzene rings is 1. The van der Waals surface area contributed by atoms with E-state index in [2.05, 4.69) is 5.32 Å². The Labute approximate surface area is 132 Å². The van der Waals surface area contributed by atoms with Crippen molar-refractivity contribution in [3.05, 3.63) is 58.0 Å². The summed E-state index contributed by atoms with van der Waals surface area (Å²) in [6.07, 6.45) is -0.146. The van der Waals surface area contributed by atoms with Crippen LogP contribution in [0.15, 0.2) is 46.9 Å². The van der Waals surface area contributed by atoms with Gasteiger partial charge in [0.15, 0.2) is 5.76 Å². The summed E-state index contributed by atoms with van der Waals surface area (Å²) in [6, 6.07) is 13.4. The van der Waals surface area contributed by atoms with Gasteiger partial charge in [-0.3, -0.25) is 4.79 Å². The van der Waals surface area contributed by atoms with E-state index in [1.54, 1.807) is 24.5 Å². The molecule has 0 radical (unpaired) electrons. The quantitative estimate of drug-likeness (QED) is 0.776. The van der Waals surface area contributed by atoms with E-state index in [4.69, 9.17) is 9.15 Å². The van der Waals surface area contributed by atoms with Crippen LogP contribution >= 0.6 is 11.3 Å². The molecule has 1 N–H and O–H groups in total. The number of nitrogens with one attached hydrogen (secondary N) is 1. The zero-order valence-corrected chi connectivity index (χ0v) is 13.3. The normalized spacial score (nSPS) is 12.5. The van der Waals surface area contributed by atoms with Crippen molar-refractivity contribution >= 4 is 28.2 Å². The molecule has 3 rings (SSSR count). The maximum Gasteiger partial charge on any atom is 0.287 e. The van der Waals surface area contributed by atoms with Crippen LogP contribution < -0.4 is 5.32 Å². The van der Waals surface area contributed by atoms with Crippen LogP contribution in [0.5, 0.6) is 0 Å². The topological polar surface area (TPSA) is 51.5 Å². The minimum atomic E-state index is -0.230. The van der Waals surface area contributed by atoms with Gasteiger partial charge in [0.25, 0.3) is 5.91 Å². The molecule has 0 aliphatic heterocycles. The number of carbonyl (C=O) groups excluding carboxylic acids is 1. The molecule has 0 fully saturated rings. The van der Waals surface area contributed by atoms with Gasteiger partial charge in [-0.1, -0.05) is 18.2 Å². The SMILES string of the molecule is CO[C@H](CNC(=O)c1cc2ccccc2o1)c1ccc(C)s1. The van der Waals surface area contributed by atoms with Gasteiger partial charge in [-0.05, 0) is 31.2 Å². The first kappa shape index (κ1) is 14.8. The average molecular weight is 315 g/mol. The number of thiophene rings is 1. The number of methoxy groups -OCH3 is 1. The molecule has 0 aliphatic rings. The van der Waals surface area contributed by atoms with E-state index in [-0.39, 0.29) is 12.0 Å². The lowest BCUT2D eigenvalue weighted by Crippen LogP contribution is -2.28. The zero-order chi connectivity index (χ0) is 15.5. The van der Waals surface area contributed by atoms with E-state index in [1.165, 1.54) is 4.88 Å². The minimum absolute atomic E-state index is 0.146. The van der Waals surface area contributed by atoms with Crippen LogP contribution in [-0.2, 0) is 4.74 Å². The molecular formula is C17H17NO3S. The number of furan rings is 1. The third-order valence-electron chi connectivity index (χ3n) is 3.46. The Morgan fingerprint density at radius 2 is 2.14 bits per heavy atom. The second-order valence-electron chi connectivity index (χ2n) is 5.03. The summed E-state index contributed by atoms with van der Waals surface area (Å²) in [5, 5.41) is 3.79. The van der Waals surface area contributed by atoms with Crippen LogP contribution in [0.4, 0.5) is 0 Å². The minimum Gasteiger partial charge on any atom is -0.451 e. The summed E-state index contributed by atoms with van der Waals surface area (Å²) in [4.78, 5) is 14.5. The fraction of sp³-hybridized carbons (Fsp3) is 0.235. The van der Waals surface area contributed by atoms with Gasteiger partial charge in [0, 0.05) is 28.8 Å². The van der Waals surface area contributed by atoms with Gasteiger partial charge in [-0.2, -0.15) is 0 Å². The van der Waals surface area contributed by atoms with E-state index in [1.807, 2.05) is 43.3 Å². The first-order chi connectivity index (χ1) is 10.7. The number of fused-ring (bicyclic) bond motifs is 1. The van der Waals surface area contributed by atoms with Crippen molar-refractivity contribution in [2.75, 3.05) is 13.7 Å². The Morgan fingerprint density at radius 1 is 1.32 bits per heavy atom. The summed E-state index contributed by atoms with van der Waals surface area (Å²) in [5.74, 6) is 0.0879. The highest BCUT2D eigenvalue weighted by atomic mass is 32.1. The van der Waals surface area contributed by atoms with Crippen molar-refractivity contribution in [1.29, 1.82) is 0 Å². The highest BCUT2D eigenvalue weighted by Crippen LogP contribution is 2.25. The summed E-state index contributed by atoms with van der Waals surface area (Å²) < 4.78 is 11.0. The average Bonchev–Trinajstić information content (AvgIpc) is 3.14. The number of hydrogen-bond acceptors (Lipinski definition) is 4. The highest BCUT2D eigenvalue weighted by Gasteiger charge is 2.16. The lowest BCUT2D eigenvalue weighted by molar-refractivity contribution is 0.0818. The fourth-order valence-corrected chi connectivity index (χ4v) is 3.25. The first-order valence-corrected chi connectivity index (χ1v) is 7.85. The standard InChI is InChI=1S/C17H17NO3S/c1-11-7-8-16(22-11)15(20-2)10-18-17(19)14-9-12-5-3-4-6-13(12)21-14/h3-9,15H,10H2,1-2H3,(H,18,19)/t15-/m1/s1. The van der Waals surface area contributed by atoms with E-state index >= 15 is 0 Å². The zero-order valence-electron chi connectivity index (χ0n) is 12.5. The monoisotopic (exact) mass is 315 g/mol. The Bertz CT molecular complexity index is 757. The van der Waals surface area contributed by atoms with Crippen LogP contribution in [0.3, 0.4) is 0 Å². The molecule has 0 aliphatic carbocycles. The second kappa shape index (κ2) is 6.34. The van der Waals surface area contributed by atoms with Gasteiger partial charge < -0.3 is 14.5 Å². The molecule has 114 valence electrons. The Balaban J connectivity index is 1.68. The van der Waals surface area contributed by atoms with Crippen LogP contribution in [0, 0.1) is 6.92 Å². The Hall–Kier alpha value is -2.11. The number of rotatable bonds is 5. The van der Waals surface area contributed by atoms with Crippen molar-refractivity contribution in [3.8, 4) is 0 Å². The van der Waals surface area contributed by atoms with Crippen LogP contribution in [0.25, 0.3) is 11.0 Å². The van der Waals surface area contributed by atoms with Crippen molar-refractivity contribution in [2.24, 2.45) is 0 Å². The van der Waals surface area contributed by atoms with E-state index in [0.29, 0.717) is 17.9 Å². The van der Waals surface area contributed by atoms with Gasteiger partial charge in [0.05, 0.1) is 0 Å². The second-order valence-corrected chi connectivity index (χ2v) is 6.35. The molecule has 1 aromatic carbocycles. The number of aryl methyl sites for hydroxylation is 1. The molecule has 5 heteroatoms. The molecule has 22 heavy (non-hydrogen) atoms. The lowest BCUT2D eigenvalue weighted by atomic mass is 10.2. The number of amides is 1. The number of hydrogen-bond donors (Lipinski definition) is 1. The maximum atomic E-state index is 12.2. The summed E-state index contributed by atoms with van der Waals surface area (Å²) in [5.41, 5.74) is 0.713. The number of para-hydroxylation sites is 1. The first-order valence-electron chi connectivity index (χ1n) is 7.03. The van der Waals surface area contributed by atoms with Gasteiger partial charge >= 0.3 is 0 Å². The summed E-state index contributed by atoms with van der Waals surface area (Å²) >= 11 is 1.67. The van der Waals surface area contributed by atoms with Crippen LogP contribution in [0.2, 0.25) is 0 Å². The third kappa shape index (κ3) is 3.05. The molecule has 2 heterocycles. The third-order valence-corrected chi connectivity index (χ3v) is 4.55. The van der Waals surface area contributed by atoms with Gasteiger partial charge in [0.1, 0.15) is 11.7 Å². The Morgan fingerprint density at radius 3 is 2.82 bits per heavy atom. The molecule has 1 amide bonds. The molecule has 0 bridgehead atoms. The molecular weight excluding hydrogens is 298 g/mol. The molecule has 0 spiro atoms. The fourth-order valence-electron chi connectivity index (χ4n) is 2.29. The van der Waals surface area contributed by atoms with E-state index in [0.717, 1.165) is 10.3 Å². The molecule has 4 nitrogen and oxygen atoms in total. The molecule has 3 aromatic rings. The van der Waals surface area contributed by atoms with Crippen LogP contribution in [-0.4, -0.2) is 19.6 Å². The molecule has 0 unspecified atom stereocenters.